The summed E-state index contributed by atoms with van der Waals surface area (Å²) in [6.45, 7) is 3.99. The average Bonchev–Trinajstić information content (AvgIpc) is 2.71. The van der Waals surface area contributed by atoms with Crippen LogP contribution in [0.5, 0.6) is 0 Å². The number of rotatable bonds is 4. The van der Waals surface area contributed by atoms with Gasteiger partial charge >= 0.3 is 5.97 Å². The van der Waals surface area contributed by atoms with Gasteiger partial charge in [-0.3, -0.25) is 0 Å². The molecule has 1 saturated carbocycles. The molecule has 0 amide bonds. The summed E-state index contributed by atoms with van der Waals surface area (Å²) in [5.74, 6) is -0.0313. The van der Waals surface area contributed by atoms with E-state index in [0.717, 1.165) is 23.8 Å². The zero-order valence-electron chi connectivity index (χ0n) is 10.9. The van der Waals surface area contributed by atoms with Crippen molar-refractivity contribution >= 4 is 22.5 Å². The molecule has 4 nitrogen and oxygen atoms in total. The Morgan fingerprint density at radius 3 is 2.67 bits per heavy atom. The van der Waals surface area contributed by atoms with Gasteiger partial charge in [-0.15, -0.1) is 0 Å². The molecule has 0 aliphatic heterocycles. The summed E-state index contributed by atoms with van der Waals surface area (Å²) >= 11 is 1.26. The van der Waals surface area contributed by atoms with E-state index < -0.39 is 5.97 Å². The van der Waals surface area contributed by atoms with Crippen molar-refractivity contribution < 1.29 is 9.90 Å². The standard InChI is InChI=1S/C13H20N2O2S/c1-3-9-4-6-10(7-5-9)14-12-11(13(16)17)8(2)15-18-12/h9-10,14H,3-7H2,1-2H3,(H,16,17). The van der Waals surface area contributed by atoms with E-state index >= 15 is 0 Å². The number of carbonyl (C=O) groups is 1. The molecule has 18 heavy (non-hydrogen) atoms. The molecule has 0 bridgehead atoms. The average molecular weight is 268 g/mol. The van der Waals surface area contributed by atoms with Crippen molar-refractivity contribution in [3.63, 3.8) is 0 Å². The molecule has 1 fully saturated rings. The second-order valence-electron chi connectivity index (χ2n) is 5.05. The first-order chi connectivity index (χ1) is 8.61. The van der Waals surface area contributed by atoms with Crippen molar-refractivity contribution in [3.8, 4) is 0 Å². The Bertz CT molecular complexity index is 423. The van der Waals surface area contributed by atoms with E-state index in [9.17, 15) is 9.90 Å². The van der Waals surface area contributed by atoms with Gasteiger partial charge in [0.2, 0.25) is 0 Å². The van der Waals surface area contributed by atoms with Gasteiger partial charge in [0.25, 0.3) is 0 Å². The van der Waals surface area contributed by atoms with Crippen LogP contribution >= 0.6 is 11.5 Å². The van der Waals surface area contributed by atoms with Gasteiger partial charge in [0.1, 0.15) is 10.6 Å². The third-order valence-corrected chi connectivity index (χ3v) is 4.71. The van der Waals surface area contributed by atoms with Crippen molar-refractivity contribution in [2.45, 2.75) is 52.0 Å². The number of aromatic carboxylic acids is 1. The number of hydrogen-bond donors (Lipinski definition) is 2. The fourth-order valence-electron chi connectivity index (χ4n) is 2.62. The minimum absolute atomic E-state index is 0.345. The number of carboxylic acids is 1. The maximum atomic E-state index is 11.2. The van der Waals surface area contributed by atoms with E-state index in [1.165, 1.54) is 30.8 Å². The number of hydrogen-bond acceptors (Lipinski definition) is 4. The first kappa shape index (κ1) is 13.3. The van der Waals surface area contributed by atoms with Crippen LogP contribution in [-0.2, 0) is 0 Å². The Balaban J connectivity index is 2.00. The van der Waals surface area contributed by atoms with Crippen LogP contribution in [0.15, 0.2) is 0 Å². The quantitative estimate of drug-likeness (QED) is 0.877. The molecule has 5 heteroatoms. The molecule has 0 unspecified atom stereocenters. The summed E-state index contributed by atoms with van der Waals surface area (Å²) in [5.41, 5.74) is 0.954. The van der Waals surface area contributed by atoms with E-state index in [4.69, 9.17) is 0 Å². The van der Waals surface area contributed by atoms with Gasteiger partial charge < -0.3 is 10.4 Å². The van der Waals surface area contributed by atoms with Gasteiger partial charge in [0.05, 0.1) is 5.69 Å². The van der Waals surface area contributed by atoms with Crippen molar-refractivity contribution in [2.24, 2.45) is 5.92 Å². The van der Waals surface area contributed by atoms with E-state index in [0.29, 0.717) is 17.3 Å². The third-order valence-electron chi connectivity index (χ3n) is 3.84. The Hall–Kier alpha value is -1.10. The number of aryl methyl sites for hydroxylation is 1. The molecule has 0 saturated heterocycles. The van der Waals surface area contributed by atoms with Crippen LogP contribution < -0.4 is 5.32 Å². The number of anilines is 1. The van der Waals surface area contributed by atoms with E-state index in [-0.39, 0.29) is 0 Å². The maximum Gasteiger partial charge on any atom is 0.340 e. The lowest BCUT2D eigenvalue weighted by Crippen LogP contribution is -2.26. The molecule has 1 aromatic rings. The summed E-state index contributed by atoms with van der Waals surface area (Å²) in [5, 5.41) is 13.3. The molecular weight excluding hydrogens is 248 g/mol. The zero-order chi connectivity index (χ0) is 13.1. The lowest BCUT2D eigenvalue weighted by Gasteiger charge is -2.28. The summed E-state index contributed by atoms with van der Waals surface area (Å²) < 4.78 is 4.13. The lowest BCUT2D eigenvalue weighted by molar-refractivity contribution is 0.0697. The minimum atomic E-state index is -0.883. The molecule has 2 N–H and O–H groups in total. The molecule has 100 valence electrons. The van der Waals surface area contributed by atoms with Gasteiger partial charge in [-0.25, -0.2) is 4.79 Å². The van der Waals surface area contributed by atoms with E-state index in [1.807, 2.05) is 0 Å². The predicted molar refractivity (Wildman–Crippen MR) is 73.5 cm³/mol. The van der Waals surface area contributed by atoms with Crippen molar-refractivity contribution in [1.29, 1.82) is 0 Å². The first-order valence-electron chi connectivity index (χ1n) is 6.58. The highest BCUT2D eigenvalue weighted by Gasteiger charge is 2.23. The number of nitrogens with zero attached hydrogens (tertiary/aromatic N) is 1. The fraction of sp³-hybridized carbons (Fsp3) is 0.692. The van der Waals surface area contributed by atoms with Gasteiger partial charge in [-0.05, 0) is 50.1 Å². The summed E-state index contributed by atoms with van der Waals surface area (Å²) in [4.78, 5) is 11.2. The van der Waals surface area contributed by atoms with Crippen LogP contribution in [0.4, 0.5) is 5.00 Å². The fourth-order valence-corrected chi connectivity index (χ4v) is 3.49. The van der Waals surface area contributed by atoms with Crippen LogP contribution in [0.1, 0.15) is 55.1 Å². The number of aromatic nitrogens is 1. The monoisotopic (exact) mass is 268 g/mol. The molecular formula is C13H20N2O2S. The Labute approximate surface area is 112 Å². The highest BCUT2D eigenvalue weighted by Crippen LogP contribution is 2.31. The summed E-state index contributed by atoms with van der Waals surface area (Å²) in [6.07, 6.45) is 6.01. The second kappa shape index (κ2) is 5.69. The minimum Gasteiger partial charge on any atom is -0.478 e. The summed E-state index contributed by atoms with van der Waals surface area (Å²) in [6, 6.07) is 0.408. The topological polar surface area (TPSA) is 62.2 Å². The smallest absolute Gasteiger partial charge is 0.340 e. The predicted octanol–water partition coefficient (Wildman–Crippen LogP) is 3.53. The molecule has 1 aromatic heterocycles. The van der Waals surface area contributed by atoms with Gasteiger partial charge in [0.15, 0.2) is 0 Å². The molecule has 0 radical (unpaired) electrons. The highest BCUT2D eigenvalue weighted by atomic mass is 32.1. The summed E-state index contributed by atoms with van der Waals surface area (Å²) in [7, 11) is 0. The second-order valence-corrected chi connectivity index (χ2v) is 5.82. The van der Waals surface area contributed by atoms with E-state index in [1.54, 1.807) is 6.92 Å². The first-order valence-corrected chi connectivity index (χ1v) is 7.35. The maximum absolute atomic E-state index is 11.2. The SMILES string of the molecule is CCC1CCC(Nc2snc(C)c2C(=O)O)CC1. The highest BCUT2D eigenvalue weighted by molar-refractivity contribution is 7.10. The Morgan fingerprint density at radius 1 is 1.44 bits per heavy atom. The van der Waals surface area contributed by atoms with Crippen molar-refractivity contribution in [3.05, 3.63) is 11.3 Å². The molecule has 0 atom stereocenters. The lowest BCUT2D eigenvalue weighted by atomic mass is 9.84. The molecule has 0 aromatic carbocycles. The van der Waals surface area contributed by atoms with Gasteiger partial charge in [-0.1, -0.05) is 13.3 Å². The molecule has 2 rings (SSSR count). The van der Waals surface area contributed by atoms with E-state index in [2.05, 4.69) is 16.6 Å². The van der Waals surface area contributed by atoms with Crippen LogP contribution in [-0.4, -0.2) is 21.5 Å². The molecule has 1 aliphatic carbocycles. The number of nitrogens with one attached hydrogen (secondary N) is 1. The Morgan fingerprint density at radius 2 is 2.11 bits per heavy atom. The van der Waals surface area contributed by atoms with Crippen LogP contribution in [0.3, 0.4) is 0 Å². The van der Waals surface area contributed by atoms with Crippen LogP contribution in [0.25, 0.3) is 0 Å². The number of carboxylic acid groups (broad SMARTS) is 1. The Kier molecular flexibility index (Phi) is 4.22. The van der Waals surface area contributed by atoms with Crippen molar-refractivity contribution in [2.75, 3.05) is 5.32 Å². The van der Waals surface area contributed by atoms with Crippen LogP contribution in [0, 0.1) is 12.8 Å². The molecule has 1 aliphatic rings. The largest absolute Gasteiger partial charge is 0.478 e. The third kappa shape index (κ3) is 2.83. The van der Waals surface area contributed by atoms with Gasteiger partial charge in [0, 0.05) is 6.04 Å². The molecule has 0 spiro atoms. The van der Waals surface area contributed by atoms with Crippen LogP contribution in [0.2, 0.25) is 0 Å². The van der Waals surface area contributed by atoms with Gasteiger partial charge in [-0.2, -0.15) is 4.37 Å². The van der Waals surface area contributed by atoms with Crippen molar-refractivity contribution in [1.82, 2.24) is 4.37 Å². The molecule has 1 heterocycles. The normalized spacial score (nSPS) is 23.9. The zero-order valence-corrected chi connectivity index (χ0v) is 11.7.